The number of halogens is 1. The van der Waals surface area contributed by atoms with Crippen molar-refractivity contribution < 1.29 is 8.42 Å². The van der Waals surface area contributed by atoms with Crippen LogP contribution in [0.5, 0.6) is 0 Å². The average molecular weight is 396 g/mol. The zero-order chi connectivity index (χ0) is 17.9. The SMILES string of the molecule is Cc1ccc(S(=O)(=O)N[C@H]2CCCC[C@@H]2Sc2ccccc2Cl)cc1. The van der Waals surface area contributed by atoms with Gasteiger partial charge in [0.2, 0.25) is 10.0 Å². The van der Waals surface area contributed by atoms with Crippen LogP contribution in [0.3, 0.4) is 0 Å². The van der Waals surface area contributed by atoms with Gasteiger partial charge in [-0.05, 0) is 44.0 Å². The summed E-state index contributed by atoms with van der Waals surface area (Å²) in [7, 11) is -3.51. The number of thioether (sulfide) groups is 1. The Balaban J connectivity index is 1.77. The van der Waals surface area contributed by atoms with Gasteiger partial charge >= 0.3 is 0 Å². The lowest BCUT2D eigenvalue weighted by atomic mass is 9.96. The Labute approximate surface area is 159 Å². The van der Waals surface area contributed by atoms with Crippen molar-refractivity contribution in [2.45, 2.75) is 53.7 Å². The van der Waals surface area contributed by atoms with E-state index in [0.29, 0.717) is 4.90 Å². The van der Waals surface area contributed by atoms with Gasteiger partial charge in [0.1, 0.15) is 0 Å². The summed E-state index contributed by atoms with van der Waals surface area (Å²) in [5.41, 5.74) is 1.05. The fourth-order valence-corrected chi connectivity index (χ4v) is 6.04. The van der Waals surface area contributed by atoms with E-state index >= 15 is 0 Å². The Morgan fingerprint density at radius 3 is 2.44 bits per heavy atom. The molecule has 3 rings (SSSR count). The van der Waals surface area contributed by atoms with Crippen LogP contribution in [0.2, 0.25) is 5.02 Å². The molecule has 6 heteroatoms. The van der Waals surface area contributed by atoms with Gasteiger partial charge in [0.25, 0.3) is 0 Å². The van der Waals surface area contributed by atoms with Crippen molar-refractivity contribution in [2.75, 3.05) is 0 Å². The van der Waals surface area contributed by atoms with E-state index in [-0.39, 0.29) is 11.3 Å². The van der Waals surface area contributed by atoms with Crippen LogP contribution in [-0.4, -0.2) is 19.7 Å². The van der Waals surface area contributed by atoms with Crippen molar-refractivity contribution in [3.8, 4) is 0 Å². The van der Waals surface area contributed by atoms with Gasteiger partial charge in [-0.15, -0.1) is 11.8 Å². The third-order valence-electron chi connectivity index (χ3n) is 4.46. The second-order valence-corrected chi connectivity index (χ2v) is 9.81. The fourth-order valence-electron chi connectivity index (χ4n) is 3.06. The van der Waals surface area contributed by atoms with E-state index in [0.717, 1.165) is 41.2 Å². The summed E-state index contributed by atoms with van der Waals surface area (Å²) >= 11 is 7.95. The molecule has 0 heterocycles. The highest BCUT2D eigenvalue weighted by Gasteiger charge is 2.30. The van der Waals surface area contributed by atoms with Crippen molar-refractivity contribution in [2.24, 2.45) is 0 Å². The first kappa shape index (κ1) is 18.8. The largest absolute Gasteiger partial charge is 0.240 e. The van der Waals surface area contributed by atoms with Crippen LogP contribution in [0.4, 0.5) is 0 Å². The summed E-state index contributed by atoms with van der Waals surface area (Å²) in [6, 6.07) is 14.6. The summed E-state index contributed by atoms with van der Waals surface area (Å²) in [6.07, 6.45) is 4.00. The van der Waals surface area contributed by atoms with Crippen LogP contribution < -0.4 is 4.72 Å². The smallest absolute Gasteiger partial charge is 0.207 e. The molecule has 1 saturated carbocycles. The third kappa shape index (κ3) is 4.79. The Morgan fingerprint density at radius 1 is 1.04 bits per heavy atom. The number of hydrogen-bond acceptors (Lipinski definition) is 3. The lowest BCUT2D eigenvalue weighted by Crippen LogP contribution is -2.43. The van der Waals surface area contributed by atoms with Crippen LogP contribution in [0.25, 0.3) is 0 Å². The van der Waals surface area contributed by atoms with E-state index in [9.17, 15) is 8.42 Å². The molecule has 0 radical (unpaired) electrons. The molecular weight excluding hydrogens is 374 g/mol. The van der Waals surface area contributed by atoms with Gasteiger partial charge in [0.05, 0.1) is 9.92 Å². The summed E-state index contributed by atoms with van der Waals surface area (Å²) in [5.74, 6) is 0. The van der Waals surface area contributed by atoms with Crippen molar-refractivity contribution in [1.82, 2.24) is 4.72 Å². The average Bonchev–Trinajstić information content (AvgIpc) is 2.59. The topological polar surface area (TPSA) is 46.2 Å². The highest BCUT2D eigenvalue weighted by Crippen LogP contribution is 2.37. The van der Waals surface area contributed by atoms with Gasteiger partial charge < -0.3 is 0 Å². The quantitative estimate of drug-likeness (QED) is 0.772. The van der Waals surface area contributed by atoms with E-state index in [4.69, 9.17) is 11.6 Å². The van der Waals surface area contributed by atoms with Crippen molar-refractivity contribution in [3.63, 3.8) is 0 Å². The zero-order valence-corrected chi connectivity index (χ0v) is 16.5. The highest BCUT2D eigenvalue weighted by atomic mass is 35.5. The third-order valence-corrected chi connectivity index (χ3v) is 7.88. The van der Waals surface area contributed by atoms with Gasteiger partial charge in [-0.2, -0.15) is 0 Å². The van der Waals surface area contributed by atoms with Crippen LogP contribution in [0, 0.1) is 6.92 Å². The van der Waals surface area contributed by atoms with Gasteiger partial charge in [0, 0.05) is 16.2 Å². The molecule has 25 heavy (non-hydrogen) atoms. The zero-order valence-electron chi connectivity index (χ0n) is 14.1. The van der Waals surface area contributed by atoms with Gasteiger partial charge in [-0.25, -0.2) is 13.1 Å². The van der Waals surface area contributed by atoms with E-state index < -0.39 is 10.0 Å². The molecule has 2 aromatic rings. The van der Waals surface area contributed by atoms with E-state index in [1.807, 2.05) is 43.3 Å². The van der Waals surface area contributed by atoms with Crippen LogP contribution in [0.1, 0.15) is 31.2 Å². The van der Waals surface area contributed by atoms with Gasteiger partial charge in [-0.3, -0.25) is 0 Å². The highest BCUT2D eigenvalue weighted by molar-refractivity contribution is 8.00. The first-order valence-electron chi connectivity index (χ1n) is 8.46. The van der Waals surface area contributed by atoms with E-state index in [2.05, 4.69) is 4.72 Å². The molecule has 134 valence electrons. The number of aryl methyl sites for hydroxylation is 1. The number of rotatable bonds is 5. The minimum atomic E-state index is -3.51. The van der Waals surface area contributed by atoms with Crippen LogP contribution in [0.15, 0.2) is 58.3 Å². The molecular formula is C19H22ClNO2S2. The maximum atomic E-state index is 12.7. The van der Waals surface area contributed by atoms with Crippen molar-refractivity contribution in [1.29, 1.82) is 0 Å². The molecule has 0 aliphatic heterocycles. The molecule has 2 aromatic carbocycles. The Hall–Kier alpha value is -1.01. The lowest BCUT2D eigenvalue weighted by Gasteiger charge is -2.31. The summed E-state index contributed by atoms with van der Waals surface area (Å²) < 4.78 is 28.4. The molecule has 2 atom stereocenters. The fraction of sp³-hybridized carbons (Fsp3) is 0.368. The maximum Gasteiger partial charge on any atom is 0.240 e. The van der Waals surface area contributed by atoms with Crippen LogP contribution in [-0.2, 0) is 10.0 Å². The normalized spacial score (nSPS) is 21.2. The monoisotopic (exact) mass is 395 g/mol. The summed E-state index contributed by atoms with van der Waals surface area (Å²) in [5, 5.41) is 0.909. The molecule has 3 nitrogen and oxygen atoms in total. The Bertz CT molecular complexity index is 822. The first-order chi connectivity index (χ1) is 12.0. The number of sulfonamides is 1. The van der Waals surface area contributed by atoms with E-state index in [1.54, 1.807) is 23.9 Å². The van der Waals surface area contributed by atoms with Crippen molar-refractivity contribution in [3.05, 3.63) is 59.1 Å². The van der Waals surface area contributed by atoms with Crippen LogP contribution >= 0.6 is 23.4 Å². The number of benzene rings is 2. The van der Waals surface area contributed by atoms with Crippen molar-refractivity contribution >= 4 is 33.4 Å². The molecule has 0 saturated heterocycles. The second kappa shape index (κ2) is 8.12. The first-order valence-corrected chi connectivity index (χ1v) is 11.2. The predicted octanol–water partition coefficient (Wildman–Crippen LogP) is 5.03. The number of hydrogen-bond donors (Lipinski definition) is 1. The van der Waals surface area contributed by atoms with Gasteiger partial charge in [-0.1, -0.05) is 54.3 Å². The summed E-state index contributed by atoms with van der Waals surface area (Å²) in [4.78, 5) is 1.33. The molecule has 0 amide bonds. The molecule has 1 aliphatic rings. The molecule has 0 unspecified atom stereocenters. The molecule has 0 aromatic heterocycles. The molecule has 0 bridgehead atoms. The minimum Gasteiger partial charge on any atom is -0.207 e. The van der Waals surface area contributed by atoms with Gasteiger partial charge in [0.15, 0.2) is 0 Å². The van der Waals surface area contributed by atoms with E-state index in [1.165, 1.54) is 0 Å². The second-order valence-electron chi connectivity index (χ2n) is 6.41. The molecule has 1 N–H and O–H groups in total. The lowest BCUT2D eigenvalue weighted by molar-refractivity contribution is 0.423. The standard InChI is InChI=1S/C19H22ClNO2S2/c1-14-10-12-15(13-11-14)25(22,23)21-17-7-3-5-9-19(17)24-18-8-4-2-6-16(18)20/h2,4,6,8,10-13,17,19,21H,3,5,7,9H2,1H3/t17-,19-/m0/s1. The predicted molar refractivity (Wildman–Crippen MR) is 105 cm³/mol. The Kier molecular flexibility index (Phi) is 6.10. The molecule has 0 spiro atoms. The number of nitrogens with one attached hydrogen (secondary N) is 1. The Morgan fingerprint density at radius 2 is 1.72 bits per heavy atom. The minimum absolute atomic E-state index is 0.0821. The maximum absolute atomic E-state index is 12.7. The molecule has 1 fully saturated rings. The molecule has 1 aliphatic carbocycles. The summed E-state index contributed by atoms with van der Waals surface area (Å²) in [6.45, 7) is 1.95.